The molecule has 17 heavy (non-hydrogen) atoms. The zero-order valence-electron chi connectivity index (χ0n) is 9.42. The van der Waals surface area contributed by atoms with Crippen LogP contribution in [0.2, 0.25) is 0 Å². The van der Waals surface area contributed by atoms with Crippen molar-refractivity contribution in [3.8, 4) is 6.07 Å². The van der Waals surface area contributed by atoms with Gasteiger partial charge in [0.1, 0.15) is 0 Å². The summed E-state index contributed by atoms with van der Waals surface area (Å²) in [5.41, 5.74) is 0.401. The van der Waals surface area contributed by atoms with E-state index >= 15 is 0 Å². The Bertz CT molecular complexity index is 499. The Hall–Kier alpha value is -1.42. The Morgan fingerprint density at radius 1 is 1.41 bits per heavy atom. The summed E-state index contributed by atoms with van der Waals surface area (Å²) in [6.07, 6.45) is 0.506. The first kappa shape index (κ1) is 13.6. The molecule has 1 atom stereocenters. The lowest BCUT2D eigenvalue weighted by Gasteiger charge is -2.14. The number of nitrogens with one attached hydrogen (secondary N) is 1. The van der Waals surface area contributed by atoms with E-state index in [9.17, 15) is 8.42 Å². The highest BCUT2D eigenvalue weighted by atomic mass is 32.2. The van der Waals surface area contributed by atoms with Crippen molar-refractivity contribution in [2.45, 2.75) is 24.3 Å². The average Bonchev–Trinajstić information content (AvgIpc) is 2.36. The minimum absolute atomic E-state index is 0.0865. The lowest BCUT2D eigenvalue weighted by molar-refractivity contribution is 0.254. The summed E-state index contributed by atoms with van der Waals surface area (Å²) in [5.74, 6) is 0. The van der Waals surface area contributed by atoms with Gasteiger partial charge in [0.25, 0.3) is 0 Å². The number of benzene rings is 1. The van der Waals surface area contributed by atoms with Crippen LogP contribution < -0.4 is 4.72 Å². The summed E-state index contributed by atoms with van der Waals surface area (Å²) in [6.45, 7) is 1.54. The van der Waals surface area contributed by atoms with Crippen LogP contribution in [0.1, 0.15) is 18.9 Å². The Morgan fingerprint density at radius 2 is 2.00 bits per heavy atom. The third-order valence-corrected chi connectivity index (χ3v) is 3.87. The fourth-order valence-electron chi connectivity index (χ4n) is 1.25. The quantitative estimate of drug-likeness (QED) is 0.805. The molecular weight excluding hydrogens is 240 g/mol. The monoisotopic (exact) mass is 254 g/mol. The van der Waals surface area contributed by atoms with Crippen LogP contribution >= 0.6 is 0 Å². The van der Waals surface area contributed by atoms with E-state index in [0.717, 1.165) is 0 Å². The molecule has 0 aromatic heterocycles. The summed E-state index contributed by atoms with van der Waals surface area (Å²) >= 11 is 0. The Labute approximate surface area is 101 Å². The smallest absolute Gasteiger partial charge is 0.240 e. The van der Waals surface area contributed by atoms with E-state index in [1.54, 1.807) is 6.92 Å². The lowest BCUT2D eigenvalue weighted by Crippen LogP contribution is -2.36. The minimum Gasteiger partial charge on any atom is -0.395 e. The van der Waals surface area contributed by atoms with Gasteiger partial charge in [-0.2, -0.15) is 5.26 Å². The van der Waals surface area contributed by atoms with Crippen LogP contribution in [0.15, 0.2) is 29.2 Å². The van der Waals surface area contributed by atoms with Gasteiger partial charge in [0.2, 0.25) is 10.0 Å². The van der Waals surface area contributed by atoms with Gasteiger partial charge in [0, 0.05) is 6.04 Å². The second-order valence-corrected chi connectivity index (χ2v) is 5.26. The van der Waals surface area contributed by atoms with Gasteiger partial charge < -0.3 is 5.11 Å². The summed E-state index contributed by atoms with van der Waals surface area (Å²) in [4.78, 5) is 0.0865. The van der Waals surface area contributed by atoms with E-state index in [0.29, 0.717) is 12.0 Å². The SMILES string of the molecule is CC[C@H](CO)NS(=O)(=O)c1ccc(C#N)cc1. The first-order valence-corrected chi connectivity index (χ1v) is 6.65. The molecule has 0 fully saturated rings. The molecule has 0 heterocycles. The van der Waals surface area contributed by atoms with E-state index in [-0.39, 0.29) is 11.5 Å². The second kappa shape index (κ2) is 5.77. The molecule has 92 valence electrons. The number of aliphatic hydroxyl groups excluding tert-OH is 1. The number of aliphatic hydroxyl groups is 1. The normalized spacial score (nSPS) is 13.0. The van der Waals surface area contributed by atoms with Crippen LogP contribution in [-0.2, 0) is 10.0 Å². The number of nitrogens with zero attached hydrogens (tertiary/aromatic N) is 1. The van der Waals surface area contributed by atoms with Crippen LogP contribution in [0.3, 0.4) is 0 Å². The van der Waals surface area contributed by atoms with Gasteiger partial charge >= 0.3 is 0 Å². The minimum atomic E-state index is -3.63. The molecule has 0 saturated carbocycles. The van der Waals surface area contributed by atoms with Crippen molar-refractivity contribution >= 4 is 10.0 Å². The molecule has 1 aromatic rings. The van der Waals surface area contributed by atoms with Crippen molar-refractivity contribution < 1.29 is 13.5 Å². The fourth-order valence-corrected chi connectivity index (χ4v) is 2.56. The van der Waals surface area contributed by atoms with Crippen molar-refractivity contribution in [2.24, 2.45) is 0 Å². The first-order chi connectivity index (χ1) is 8.03. The van der Waals surface area contributed by atoms with Gasteiger partial charge in [0.05, 0.1) is 23.1 Å². The summed E-state index contributed by atoms with van der Waals surface area (Å²) in [5, 5.41) is 17.6. The number of nitriles is 1. The molecule has 0 amide bonds. The molecular formula is C11H14N2O3S. The third kappa shape index (κ3) is 3.53. The highest BCUT2D eigenvalue weighted by Gasteiger charge is 2.18. The van der Waals surface area contributed by atoms with Crippen molar-refractivity contribution in [3.63, 3.8) is 0 Å². The number of sulfonamides is 1. The molecule has 0 saturated heterocycles. The maximum Gasteiger partial charge on any atom is 0.240 e. The molecule has 0 unspecified atom stereocenters. The molecule has 0 spiro atoms. The topological polar surface area (TPSA) is 90.2 Å². The first-order valence-electron chi connectivity index (χ1n) is 5.17. The fraction of sp³-hybridized carbons (Fsp3) is 0.364. The summed E-state index contributed by atoms with van der Waals surface area (Å²) in [6, 6.07) is 7.03. The average molecular weight is 254 g/mol. The van der Waals surface area contributed by atoms with Gasteiger partial charge in [-0.1, -0.05) is 6.92 Å². The molecule has 6 heteroatoms. The van der Waals surface area contributed by atoms with E-state index < -0.39 is 16.1 Å². The standard InChI is InChI=1S/C11H14N2O3S/c1-2-10(8-14)13-17(15,16)11-5-3-9(7-12)4-6-11/h3-6,10,13-14H,2,8H2,1H3/t10-/m1/s1. The molecule has 1 aromatic carbocycles. The van der Waals surface area contributed by atoms with Crippen molar-refractivity contribution in [2.75, 3.05) is 6.61 Å². The predicted octanol–water partition coefficient (Wildman–Crippen LogP) is 0.607. The lowest BCUT2D eigenvalue weighted by atomic mass is 10.2. The van der Waals surface area contributed by atoms with Gasteiger partial charge in [-0.15, -0.1) is 0 Å². The van der Waals surface area contributed by atoms with Crippen LogP contribution in [0.25, 0.3) is 0 Å². The molecule has 1 rings (SSSR count). The van der Waals surface area contributed by atoms with Gasteiger partial charge in [-0.25, -0.2) is 13.1 Å². The number of rotatable bonds is 5. The van der Waals surface area contributed by atoms with Gasteiger partial charge in [-0.3, -0.25) is 0 Å². The van der Waals surface area contributed by atoms with Crippen molar-refractivity contribution in [1.82, 2.24) is 4.72 Å². The predicted molar refractivity (Wildman–Crippen MR) is 62.6 cm³/mol. The Balaban J connectivity index is 2.93. The van der Waals surface area contributed by atoms with Crippen molar-refractivity contribution in [1.29, 1.82) is 5.26 Å². The molecule has 0 aliphatic carbocycles. The third-order valence-electron chi connectivity index (χ3n) is 2.33. The molecule has 5 nitrogen and oxygen atoms in total. The second-order valence-electron chi connectivity index (χ2n) is 3.55. The maximum atomic E-state index is 11.9. The van der Waals surface area contributed by atoms with Crippen LogP contribution in [0, 0.1) is 11.3 Å². The van der Waals surface area contributed by atoms with Gasteiger partial charge in [-0.05, 0) is 30.7 Å². The van der Waals surface area contributed by atoms with E-state index in [1.165, 1.54) is 24.3 Å². The van der Waals surface area contributed by atoms with E-state index in [1.807, 2.05) is 6.07 Å². The van der Waals surface area contributed by atoms with E-state index in [4.69, 9.17) is 10.4 Å². The summed E-state index contributed by atoms with van der Waals surface area (Å²) in [7, 11) is -3.63. The zero-order valence-corrected chi connectivity index (χ0v) is 10.2. The highest BCUT2D eigenvalue weighted by molar-refractivity contribution is 7.89. The molecule has 0 radical (unpaired) electrons. The molecule has 2 N–H and O–H groups in total. The highest BCUT2D eigenvalue weighted by Crippen LogP contribution is 2.11. The van der Waals surface area contributed by atoms with Crippen LogP contribution in [0.5, 0.6) is 0 Å². The number of hydrogen-bond acceptors (Lipinski definition) is 4. The zero-order chi connectivity index (χ0) is 12.9. The number of hydrogen-bond donors (Lipinski definition) is 2. The Morgan fingerprint density at radius 3 is 2.41 bits per heavy atom. The Kier molecular flexibility index (Phi) is 4.63. The van der Waals surface area contributed by atoms with E-state index in [2.05, 4.69) is 4.72 Å². The van der Waals surface area contributed by atoms with Crippen LogP contribution in [-0.4, -0.2) is 26.2 Å². The van der Waals surface area contributed by atoms with Gasteiger partial charge in [0.15, 0.2) is 0 Å². The molecule has 0 bridgehead atoms. The largest absolute Gasteiger partial charge is 0.395 e. The van der Waals surface area contributed by atoms with Crippen molar-refractivity contribution in [3.05, 3.63) is 29.8 Å². The molecule has 0 aliphatic rings. The summed E-state index contributed by atoms with van der Waals surface area (Å²) < 4.78 is 26.1. The van der Waals surface area contributed by atoms with Crippen LogP contribution in [0.4, 0.5) is 0 Å². The maximum absolute atomic E-state index is 11.9. The molecule has 0 aliphatic heterocycles.